The van der Waals surface area contributed by atoms with Crippen LogP contribution in [0.25, 0.3) is 22.3 Å². The van der Waals surface area contributed by atoms with Gasteiger partial charge in [0.15, 0.2) is 23.5 Å². The third-order valence-corrected chi connectivity index (χ3v) is 5.96. The van der Waals surface area contributed by atoms with Gasteiger partial charge in [-0.3, -0.25) is 14.4 Å². The molecule has 4 aromatic rings. The molecule has 0 aliphatic rings. The summed E-state index contributed by atoms with van der Waals surface area (Å²) >= 11 is 0. The lowest BCUT2D eigenvalue weighted by atomic mass is 9.86. The average Bonchev–Trinajstić information content (AvgIpc) is 2.90. The Morgan fingerprint density at radius 3 is 2.37 bits per heavy atom. The van der Waals surface area contributed by atoms with Gasteiger partial charge in [0, 0.05) is 29.2 Å². The summed E-state index contributed by atoms with van der Waals surface area (Å²) in [6.07, 6.45) is -0.256. The highest BCUT2D eigenvalue weighted by molar-refractivity contribution is 5.90. The van der Waals surface area contributed by atoms with Crippen LogP contribution in [0.15, 0.2) is 69.9 Å². The van der Waals surface area contributed by atoms with Crippen molar-refractivity contribution in [2.24, 2.45) is 5.73 Å². The summed E-state index contributed by atoms with van der Waals surface area (Å²) in [5.74, 6) is -2.39. The molecule has 196 valence electrons. The molecule has 0 bridgehead atoms. The first-order valence-electron chi connectivity index (χ1n) is 11.5. The molecule has 0 spiro atoms. The Labute approximate surface area is 216 Å². The quantitative estimate of drug-likeness (QED) is 0.282. The smallest absolute Gasteiger partial charge is 0.306 e. The first kappa shape index (κ1) is 26.1. The zero-order chi connectivity index (χ0) is 27.4. The molecule has 1 aromatic heterocycles. The SMILES string of the molecule is COC(=O)C[C@H](c1ccc(OCC(N)=O)c(OC)c1)c1c(O)cc(O)c2c(=O)cc(-c3ccccc3)oc12. The Hall–Kier alpha value is -4.99. The van der Waals surface area contributed by atoms with Crippen molar-refractivity contribution in [3.8, 4) is 34.3 Å². The lowest BCUT2D eigenvalue weighted by Gasteiger charge is -2.21. The van der Waals surface area contributed by atoms with Crippen LogP contribution < -0.4 is 20.6 Å². The summed E-state index contributed by atoms with van der Waals surface area (Å²) in [6.45, 7) is -0.377. The van der Waals surface area contributed by atoms with Crippen molar-refractivity contribution in [3.63, 3.8) is 0 Å². The number of aromatic hydroxyl groups is 2. The van der Waals surface area contributed by atoms with Gasteiger partial charge in [0.25, 0.3) is 5.91 Å². The molecule has 0 radical (unpaired) electrons. The first-order valence-corrected chi connectivity index (χ1v) is 11.5. The number of hydrogen-bond acceptors (Lipinski definition) is 9. The molecule has 1 heterocycles. The molecule has 0 aliphatic carbocycles. The number of carbonyl (C=O) groups is 2. The molecular formula is C28H25NO9. The van der Waals surface area contributed by atoms with Crippen molar-refractivity contribution in [2.75, 3.05) is 20.8 Å². The Bertz CT molecular complexity index is 1560. The van der Waals surface area contributed by atoms with Crippen LogP contribution in [-0.2, 0) is 14.3 Å². The van der Waals surface area contributed by atoms with Crippen LogP contribution in [-0.4, -0.2) is 42.9 Å². The van der Waals surface area contributed by atoms with E-state index in [9.17, 15) is 24.6 Å². The van der Waals surface area contributed by atoms with Gasteiger partial charge in [0.05, 0.1) is 20.6 Å². The fraction of sp³-hybridized carbons (Fsp3) is 0.179. The number of methoxy groups -OCH3 is 2. The van der Waals surface area contributed by atoms with E-state index in [1.807, 2.05) is 6.07 Å². The molecule has 1 atom stereocenters. The van der Waals surface area contributed by atoms with Crippen molar-refractivity contribution in [2.45, 2.75) is 12.3 Å². The number of amides is 1. The van der Waals surface area contributed by atoms with E-state index in [1.54, 1.807) is 36.4 Å². The van der Waals surface area contributed by atoms with Crippen LogP contribution in [0.3, 0.4) is 0 Å². The summed E-state index contributed by atoms with van der Waals surface area (Å²) < 4.78 is 21.8. The number of ether oxygens (including phenoxy) is 3. The highest BCUT2D eigenvalue weighted by Crippen LogP contribution is 2.44. The summed E-state index contributed by atoms with van der Waals surface area (Å²) in [7, 11) is 2.62. The number of esters is 1. The maximum absolute atomic E-state index is 13.1. The molecule has 0 fully saturated rings. The minimum atomic E-state index is -0.904. The zero-order valence-electron chi connectivity index (χ0n) is 20.6. The molecule has 1 amide bonds. The second kappa shape index (κ2) is 11.0. The predicted octanol–water partition coefficient (Wildman–Crippen LogP) is 3.44. The van der Waals surface area contributed by atoms with Gasteiger partial charge >= 0.3 is 5.97 Å². The van der Waals surface area contributed by atoms with Gasteiger partial charge < -0.3 is 34.6 Å². The number of phenols is 2. The maximum atomic E-state index is 13.1. The third kappa shape index (κ3) is 5.24. The molecule has 38 heavy (non-hydrogen) atoms. The number of rotatable bonds is 9. The van der Waals surface area contributed by atoms with Crippen molar-refractivity contribution < 1.29 is 38.4 Å². The summed E-state index contributed by atoms with van der Waals surface area (Å²) in [5.41, 5.74) is 5.70. The second-order valence-corrected chi connectivity index (χ2v) is 8.37. The minimum absolute atomic E-state index is 0.0872. The van der Waals surface area contributed by atoms with Gasteiger partial charge in [-0.2, -0.15) is 0 Å². The maximum Gasteiger partial charge on any atom is 0.306 e. The monoisotopic (exact) mass is 519 g/mol. The second-order valence-electron chi connectivity index (χ2n) is 8.37. The summed E-state index contributed by atoms with van der Waals surface area (Å²) in [4.78, 5) is 36.7. The molecule has 10 nitrogen and oxygen atoms in total. The number of hydrogen-bond donors (Lipinski definition) is 3. The van der Waals surface area contributed by atoms with Crippen LogP contribution >= 0.6 is 0 Å². The largest absolute Gasteiger partial charge is 0.507 e. The molecule has 0 unspecified atom stereocenters. The van der Waals surface area contributed by atoms with Gasteiger partial charge in [-0.15, -0.1) is 0 Å². The lowest BCUT2D eigenvalue weighted by Crippen LogP contribution is -2.20. The van der Waals surface area contributed by atoms with E-state index < -0.39 is 34.7 Å². The Morgan fingerprint density at radius 1 is 0.974 bits per heavy atom. The highest BCUT2D eigenvalue weighted by Gasteiger charge is 2.29. The molecule has 0 aliphatic heterocycles. The van der Waals surface area contributed by atoms with E-state index in [2.05, 4.69) is 0 Å². The predicted molar refractivity (Wildman–Crippen MR) is 137 cm³/mol. The Balaban J connectivity index is 1.97. The molecule has 0 saturated carbocycles. The fourth-order valence-corrected chi connectivity index (χ4v) is 4.21. The van der Waals surface area contributed by atoms with Crippen LogP contribution in [0.1, 0.15) is 23.5 Å². The molecule has 0 saturated heterocycles. The number of benzene rings is 3. The highest BCUT2D eigenvalue weighted by atomic mass is 16.5. The van der Waals surface area contributed by atoms with Crippen molar-refractivity contribution >= 4 is 22.8 Å². The summed E-state index contributed by atoms with van der Waals surface area (Å²) in [6, 6.07) is 15.8. The normalized spacial score (nSPS) is 11.6. The Kier molecular flexibility index (Phi) is 7.52. The summed E-state index contributed by atoms with van der Waals surface area (Å²) in [5, 5.41) is 21.4. The third-order valence-electron chi connectivity index (χ3n) is 5.96. The van der Waals surface area contributed by atoms with Gasteiger partial charge in [-0.25, -0.2) is 0 Å². The van der Waals surface area contributed by atoms with Crippen LogP contribution in [0.5, 0.6) is 23.0 Å². The average molecular weight is 520 g/mol. The zero-order valence-corrected chi connectivity index (χ0v) is 20.6. The van der Waals surface area contributed by atoms with E-state index >= 15 is 0 Å². The topological polar surface area (TPSA) is 159 Å². The lowest BCUT2D eigenvalue weighted by molar-refractivity contribution is -0.140. The van der Waals surface area contributed by atoms with Gasteiger partial charge in [-0.1, -0.05) is 36.4 Å². The van der Waals surface area contributed by atoms with E-state index in [4.69, 9.17) is 24.4 Å². The first-order chi connectivity index (χ1) is 18.2. The number of phenolic OH excluding ortho intramolecular Hbond substituents is 2. The van der Waals surface area contributed by atoms with Crippen LogP contribution in [0.2, 0.25) is 0 Å². The van der Waals surface area contributed by atoms with Crippen LogP contribution in [0.4, 0.5) is 0 Å². The number of carbonyl (C=O) groups excluding carboxylic acids is 2. The molecule has 10 heteroatoms. The van der Waals surface area contributed by atoms with Crippen molar-refractivity contribution in [3.05, 3.63) is 82.0 Å². The number of fused-ring (bicyclic) bond motifs is 1. The van der Waals surface area contributed by atoms with Gasteiger partial charge in [0.1, 0.15) is 28.2 Å². The molecular weight excluding hydrogens is 494 g/mol. The van der Waals surface area contributed by atoms with E-state index in [0.717, 1.165) is 6.07 Å². The molecule has 4 rings (SSSR count). The molecule has 3 aromatic carbocycles. The van der Waals surface area contributed by atoms with Gasteiger partial charge in [0.2, 0.25) is 0 Å². The van der Waals surface area contributed by atoms with E-state index in [1.165, 1.54) is 26.4 Å². The fourth-order valence-electron chi connectivity index (χ4n) is 4.21. The van der Waals surface area contributed by atoms with Crippen molar-refractivity contribution in [1.82, 2.24) is 0 Å². The Morgan fingerprint density at radius 2 is 1.71 bits per heavy atom. The van der Waals surface area contributed by atoms with Gasteiger partial charge in [-0.05, 0) is 17.7 Å². The number of nitrogens with two attached hydrogens (primary N) is 1. The molecule has 4 N–H and O–H groups in total. The van der Waals surface area contributed by atoms with Crippen molar-refractivity contribution in [1.29, 1.82) is 0 Å². The minimum Gasteiger partial charge on any atom is -0.507 e. The van der Waals surface area contributed by atoms with E-state index in [0.29, 0.717) is 11.1 Å². The number of primary amides is 1. The van der Waals surface area contributed by atoms with E-state index in [-0.39, 0.29) is 46.8 Å². The van der Waals surface area contributed by atoms with Crippen LogP contribution in [0, 0.1) is 0 Å². The standard InChI is InChI=1S/C28H25NO9/c1-35-23-10-16(8-9-21(23)37-14-24(29)33)17(11-25(34)36-2)26-18(30)12-19(31)27-20(32)13-22(38-28(26)27)15-6-4-3-5-7-15/h3-10,12-13,17,30-31H,11,14H2,1-2H3,(H2,29,33)/t17-/m1/s1.